The first-order valence-corrected chi connectivity index (χ1v) is 6.66. The molecule has 1 heterocycles. The summed E-state index contributed by atoms with van der Waals surface area (Å²) >= 11 is 0. The minimum absolute atomic E-state index is 0.826. The molecule has 0 fully saturated rings. The molecule has 20 heavy (non-hydrogen) atoms. The number of anilines is 1. The van der Waals surface area contributed by atoms with E-state index >= 15 is 0 Å². The lowest BCUT2D eigenvalue weighted by Crippen LogP contribution is -2.02. The van der Waals surface area contributed by atoms with Crippen molar-refractivity contribution in [2.75, 3.05) is 12.8 Å². The van der Waals surface area contributed by atoms with Crippen LogP contribution >= 0.6 is 0 Å². The van der Waals surface area contributed by atoms with E-state index in [4.69, 9.17) is 10.5 Å². The van der Waals surface area contributed by atoms with Gasteiger partial charge >= 0.3 is 0 Å². The van der Waals surface area contributed by atoms with Gasteiger partial charge in [-0.3, -0.25) is 0 Å². The molecule has 3 rings (SSSR count). The number of aromatic nitrogens is 1. The molecule has 0 aliphatic heterocycles. The van der Waals surface area contributed by atoms with Gasteiger partial charge in [0.05, 0.1) is 7.11 Å². The van der Waals surface area contributed by atoms with E-state index in [2.05, 4.69) is 42.0 Å². The molecule has 3 aromatic rings. The lowest BCUT2D eigenvalue weighted by molar-refractivity contribution is 0.415. The second-order valence-electron chi connectivity index (χ2n) is 5.00. The average Bonchev–Trinajstić information content (AvgIpc) is 2.86. The van der Waals surface area contributed by atoms with Crippen LogP contribution < -0.4 is 10.5 Å². The summed E-state index contributed by atoms with van der Waals surface area (Å²) in [6.45, 7) is 2.89. The molecule has 102 valence electrons. The Morgan fingerprint density at radius 1 is 1.15 bits per heavy atom. The third kappa shape index (κ3) is 2.11. The average molecular weight is 266 g/mol. The molecule has 3 heteroatoms. The predicted octanol–water partition coefficient (Wildman–Crippen LogP) is 3.59. The van der Waals surface area contributed by atoms with Crippen LogP contribution in [0.2, 0.25) is 0 Å². The molecule has 0 spiro atoms. The van der Waals surface area contributed by atoms with Crippen LogP contribution in [0.5, 0.6) is 5.75 Å². The third-order valence-corrected chi connectivity index (χ3v) is 3.81. The molecule has 3 nitrogen and oxygen atoms in total. The highest BCUT2D eigenvalue weighted by Gasteiger charge is 2.06. The van der Waals surface area contributed by atoms with Crippen molar-refractivity contribution in [3.8, 4) is 5.75 Å². The van der Waals surface area contributed by atoms with E-state index in [9.17, 15) is 0 Å². The van der Waals surface area contributed by atoms with E-state index in [0.717, 1.165) is 23.5 Å². The van der Waals surface area contributed by atoms with E-state index in [1.165, 1.54) is 16.5 Å². The van der Waals surface area contributed by atoms with Crippen molar-refractivity contribution in [3.05, 3.63) is 59.8 Å². The Hall–Kier alpha value is -2.42. The van der Waals surface area contributed by atoms with E-state index in [1.54, 1.807) is 7.11 Å². The summed E-state index contributed by atoms with van der Waals surface area (Å²) in [4.78, 5) is 0. The maximum atomic E-state index is 5.97. The lowest BCUT2D eigenvalue weighted by Gasteiger charge is -2.10. The Balaban J connectivity index is 2.01. The lowest BCUT2D eigenvalue weighted by atomic mass is 10.1. The topological polar surface area (TPSA) is 40.2 Å². The Morgan fingerprint density at radius 2 is 2.00 bits per heavy atom. The largest absolute Gasteiger partial charge is 0.497 e. The van der Waals surface area contributed by atoms with E-state index in [-0.39, 0.29) is 0 Å². The van der Waals surface area contributed by atoms with E-state index in [0.29, 0.717) is 0 Å². The molecule has 0 unspecified atom stereocenters. The first-order valence-electron chi connectivity index (χ1n) is 6.66. The van der Waals surface area contributed by atoms with Gasteiger partial charge in [-0.1, -0.05) is 12.1 Å². The summed E-state index contributed by atoms with van der Waals surface area (Å²) in [6.07, 6.45) is 2.10. The van der Waals surface area contributed by atoms with Gasteiger partial charge < -0.3 is 15.0 Å². The van der Waals surface area contributed by atoms with Gasteiger partial charge in [0, 0.05) is 29.3 Å². The van der Waals surface area contributed by atoms with Gasteiger partial charge in [0.1, 0.15) is 5.75 Å². The zero-order valence-corrected chi connectivity index (χ0v) is 11.8. The predicted molar refractivity (Wildman–Crippen MR) is 83.2 cm³/mol. The Morgan fingerprint density at radius 3 is 2.80 bits per heavy atom. The summed E-state index contributed by atoms with van der Waals surface area (Å²) in [7, 11) is 1.69. The van der Waals surface area contributed by atoms with Crippen molar-refractivity contribution in [1.82, 2.24) is 4.57 Å². The fourth-order valence-corrected chi connectivity index (χ4v) is 2.50. The Labute approximate surface area is 118 Å². The van der Waals surface area contributed by atoms with Gasteiger partial charge in [-0.25, -0.2) is 0 Å². The molecule has 2 aromatic carbocycles. The first-order chi connectivity index (χ1) is 9.69. The summed E-state index contributed by atoms with van der Waals surface area (Å²) in [5, 5.41) is 1.19. The molecule has 0 saturated heterocycles. The summed E-state index contributed by atoms with van der Waals surface area (Å²) in [5.41, 5.74) is 10.4. The van der Waals surface area contributed by atoms with Crippen molar-refractivity contribution in [2.24, 2.45) is 0 Å². The molecule has 1 aromatic heterocycles. The number of nitrogen functional groups attached to an aromatic ring is 1. The van der Waals surface area contributed by atoms with Crippen molar-refractivity contribution in [2.45, 2.75) is 13.5 Å². The molecular formula is C17H18N2O. The van der Waals surface area contributed by atoms with E-state index < -0.39 is 0 Å². The highest BCUT2D eigenvalue weighted by atomic mass is 16.5. The minimum Gasteiger partial charge on any atom is -0.497 e. The molecule has 0 amide bonds. The number of methoxy groups -OCH3 is 1. The number of hydrogen-bond donors (Lipinski definition) is 1. The van der Waals surface area contributed by atoms with Crippen LogP contribution in [0, 0.1) is 6.92 Å². The smallest absolute Gasteiger partial charge is 0.119 e. The van der Waals surface area contributed by atoms with Gasteiger partial charge in [-0.15, -0.1) is 0 Å². The standard InChI is InChI=1S/C17H18N2O/c1-12-14(4-3-5-16(12)18)11-19-9-8-13-10-15(20-2)6-7-17(13)19/h3-10H,11,18H2,1-2H3. The zero-order chi connectivity index (χ0) is 14.1. The van der Waals surface area contributed by atoms with Crippen LogP contribution in [-0.4, -0.2) is 11.7 Å². The van der Waals surface area contributed by atoms with Crippen LogP contribution in [-0.2, 0) is 6.54 Å². The van der Waals surface area contributed by atoms with Crippen LogP contribution in [0.1, 0.15) is 11.1 Å². The van der Waals surface area contributed by atoms with Crippen molar-refractivity contribution in [3.63, 3.8) is 0 Å². The molecule has 2 N–H and O–H groups in total. The van der Waals surface area contributed by atoms with Gasteiger partial charge in [0.2, 0.25) is 0 Å². The Kier molecular flexibility index (Phi) is 3.11. The Bertz CT molecular complexity index is 759. The van der Waals surface area contributed by atoms with Crippen molar-refractivity contribution in [1.29, 1.82) is 0 Å². The van der Waals surface area contributed by atoms with Gasteiger partial charge in [0.15, 0.2) is 0 Å². The number of ether oxygens (including phenoxy) is 1. The zero-order valence-electron chi connectivity index (χ0n) is 11.8. The second-order valence-corrected chi connectivity index (χ2v) is 5.00. The van der Waals surface area contributed by atoms with Gasteiger partial charge in [-0.2, -0.15) is 0 Å². The minimum atomic E-state index is 0.826. The monoisotopic (exact) mass is 266 g/mol. The van der Waals surface area contributed by atoms with Crippen LogP contribution in [0.3, 0.4) is 0 Å². The third-order valence-electron chi connectivity index (χ3n) is 3.81. The molecular weight excluding hydrogens is 248 g/mol. The van der Waals surface area contributed by atoms with Gasteiger partial charge in [0.25, 0.3) is 0 Å². The summed E-state index contributed by atoms with van der Waals surface area (Å²) in [5.74, 6) is 0.885. The van der Waals surface area contributed by atoms with Crippen LogP contribution in [0.25, 0.3) is 10.9 Å². The summed E-state index contributed by atoms with van der Waals surface area (Å²) in [6, 6.07) is 14.3. The molecule has 0 saturated carbocycles. The molecule has 0 bridgehead atoms. The maximum absolute atomic E-state index is 5.97. The van der Waals surface area contributed by atoms with Crippen molar-refractivity contribution < 1.29 is 4.74 Å². The molecule has 0 aliphatic carbocycles. The number of rotatable bonds is 3. The van der Waals surface area contributed by atoms with E-state index in [1.807, 2.05) is 18.2 Å². The van der Waals surface area contributed by atoms with Crippen LogP contribution in [0.15, 0.2) is 48.7 Å². The fraction of sp³-hybridized carbons (Fsp3) is 0.176. The first kappa shape index (κ1) is 12.6. The highest BCUT2D eigenvalue weighted by Crippen LogP contribution is 2.24. The van der Waals surface area contributed by atoms with Crippen molar-refractivity contribution >= 4 is 16.6 Å². The quantitative estimate of drug-likeness (QED) is 0.736. The molecule has 0 radical (unpaired) electrons. The number of benzene rings is 2. The SMILES string of the molecule is COc1ccc2c(ccn2Cc2cccc(N)c2C)c1. The normalized spacial score (nSPS) is 10.9. The molecule has 0 aliphatic rings. The van der Waals surface area contributed by atoms with Gasteiger partial charge in [-0.05, 0) is 48.4 Å². The number of nitrogens with two attached hydrogens (primary N) is 1. The maximum Gasteiger partial charge on any atom is 0.119 e. The van der Waals surface area contributed by atoms with Crippen LogP contribution in [0.4, 0.5) is 5.69 Å². The number of nitrogens with zero attached hydrogens (tertiary/aromatic N) is 1. The fourth-order valence-electron chi connectivity index (χ4n) is 2.50. The highest BCUT2D eigenvalue weighted by molar-refractivity contribution is 5.81. The number of hydrogen-bond acceptors (Lipinski definition) is 2. The molecule has 0 atom stereocenters. The second kappa shape index (κ2) is 4.93. The summed E-state index contributed by atoms with van der Waals surface area (Å²) < 4.78 is 7.49. The number of fused-ring (bicyclic) bond motifs is 1.